The summed E-state index contributed by atoms with van der Waals surface area (Å²) in [6.07, 6.45) is 9.83. The summed E-state index contributed by atoms with van der Waals surface area (Å²) in [6.45, 7) is 6.23. The largest absolute Gasteiger partial charge is 0.491 e. The zero-order valence-corrected chi connectivity index (χ0v) is 24.7. The van der Waals surface area contributed by atoms with Crippen LogP contribution in [-0.4, -0.2) is 46.4 Å². The Labute approximate surface area is 244 Å². The Balaban J connectivity index is 0.00000323. The minimum atomic E-state index is -0.391. The number of carbonyl (C=O) groups excluding carboxylic acids is 1. The lowest BCUT2D eigenvalue weighted by Crippen LogP contribution is -2.52. The average Bonchev–Trinajstić information content (AvgIpc) is 3.14. The number of hydrogen-bond donors (Lipinski definition) is 3. The van der Waals surface area contributed by atoms with Gasteiger partial charge < -0.3 is 25.0 Å². The van der Waals surface area contributed by atoms with Crippen LogP contribution in [0.25, 0.3) is 22.2 Å². The first-order valence-corrected chi connectivity index (χ1v) is 15.0. The minimum absolute atomic E-state index is 0. The summed E-state index contributed by atoms with van der Waals surface area (Å²) >= 11 is 0. The van der Waals surface area contributed by atoms with E-state index in [1.807, 2.05) is 12.1 Å². The first-order valence-electron chi connectivity index (χ1n) is 15.0. The number of carbonyl (C=O) groups is 1. The molecule has 3 aliphatic rings. The summed E-state index contributed by atoms with van der Waals surface area (Å²) < 4.78 is 8.59. The number of rotatable bonds is 6. The van der Waals surface area contributed by atoms with E-state index in [2.05, 4.69) is 59.4 Å². The van der Waals surface area contributed by atoms with Crippen LogP contribution in [0.1, 0.15) is 93.5 Å². The van der Waals surface area contributed by atoms with E-state index < -0.39 is 5.54 Å². The molecule has 7 heteroatoms. The molecule has 6 rings (SSSR count). The van der Waals surface area contributed by atoms with E-state index in [-0.39, 0.29) is 24.4 Å². The number of para-hydroxylation sites is 1. The number of nitrogens with one attached hydrogen (secondary N) is 2. The van der Waals surface area contributed by atoms with Gasteiger partial charge in [-0.25, -0.2) is 0 Å². The van der Waals surface area contributed by atoms with E-state index in [9.17, 15) is 9.90 Å². The first-order chi connectivity index (χ1) is 18.9. The third-order valence-corrected chi connectivity index (χ3v) is 9.08. The molecule has 2 aliphatic carbocycles. The van der Waals surface area contributed by atoms with Gasteiger partial charge in [0.1, 0.15) is 12.4 Å². The lowest BCUT2D eigenvalue weighted by molar-refractivity contribution is 0.0905. The van der Waals surface area contributed by atoms with Gasteiger partial charge in [0.2, 0.25) is 0 Å². The third kappa shape index (κ3) is 5.90. The van der Waals surface area contributed by atoms with Crippen molar-refractivity contribution in [2.45, 2.75) is 102 Å². The average molecular weight is 566 g/mol. The Morgan fingerprint density at radius 3 is 2.55 bits per heavy atom. The Kier molecular flexibility index (Phi) is 8.79. The van der Waals surface area contributed by atoms with Crippen molar-refractivity contribution < 1.29 is 14.6 Å². The van der Waals surface area contributed by atoms with Gasteiger partial charge in [0.15, 0.2) is 0 Å². The lowest BCUT2D eigenvalue weighted by atomic mass is 9.81. The monoisotopic (exact) mass is 565 g/mol. The van der Waals surface area contributed by atoms with Crippen molar-refractivity contribution in [3.63, 3.8) is 0 Å². The van der Waals surface area contributed by atoms with E-state index in [1.54, 1.807) is 0 Å². The normalized spacial score (nSPS) is 21.5. The predicted molar refractivity (Wildman–Crippen MR) is 164 cm³/mol. The smallest absolute Gasteiger partial charge is 0.251 e. The predicted octanol–water partition coefficient (Wildman–Crippen LogP) is 6.57. The van der Waals surface area contributed by atoms with Gasteiger partial charge >= 0.3 is 0 Å². The standard InChI is InChI=1S/C33H43N3O3.ClH/c1-33(2,21-34-24-13-15-25(37)16-14-24)35-32(38)23-12-17-26-28(20-23)36-18-19-39-29-11-7-6-10-27(29)31(36)30(26)22-8-4-3-5-9-22;/h6-7,10-12,17,20,22,24-25,34,37H,3-5,8-9,13-16,18-19,21H2,1-2H3,(H,35,38);1H. The van der Waals surface area contributed by atoms with Gasteiger partial charge in [0, 0.05) is 40.2 Å². The summed E-state index contributed by atoms with van der Waals surface area (Å²) in [5.74, 6) is 1.45. The molecular weight excluding hydrogens is 522 g/mol. The number of aliphatic hydroxyl groups is 1. The molecule has 3 N–H and O–H groups in total. The number of aromatic nitrogens is 1. The molecule has 2 saturated carbocycles. The Bertz CT molecular complexity index is 1340. The highest BCUT2D eigenvalue weighted by atomic mass is 35.5. The van der Waals surface area contributed by atoms with Crippen LogP contribution in [0.5, 0.6) is 5.75 Å². The fourth-order valence-electron chi connectivity index (χ4n) is 6.98. The lowest BCUT2D eigenvalue weighted by Gasteiger charge is -2.32. The zero-order chi connectivity index (χ0) is 27.0. The summed E-state index contributed by atoms with van der Waals surface area (Å²) in [5, 5.41) is 18.0. The Hall–Kier alpha value is -2.54. The van der Waals surface area contributed by atoms with Crippen LogP contribution in [0.3, 0.4) is 0 Å². The highest BCUT2D eigenvalue weighted by Gasteiger charge is 2.30. The van der Waals surface area contributed by atoms with Crippen LogP contribution < -0.4 is 15.4 Å². The number of amides is 1. The second kappa shape index (κ2) is 12.1. The molecule has 40 heavy (non-hydrogen) atoms. The third-order valence-electron chi connectivity index (χ3n) is 9.08. The van der Waals surface area contributed by atoms with Gasteiger partial charge in [-0.05, 0) is 88.1 Å². The molecule has 216 valence electrons. The highest BCUT2D eigenvalue weighted by Crippen LogP contribution is 2.47. The maximum atomic E-state index is 13.5. The van der Waals surface area contributed by atoms with Gasteiger partial charge in [-0.1, -0.05) is 37.5 Å². The SMILES string of the molecule is CC(C)(CNC1CCC(O)CC1)NC(=O)c1ccc2c(C3CCCCC3)c3n(c2c1)CCOc1ccccc1-3.Cl. The van der Waals surface area contributed by atoms with Gasteiger partial charge in [-0.2, -0.15) is 0 Å². The molecule has 0 saturated heterocycles. The van der Waals surface area contributed by atoms with Gasteiger partial charge in [0.25, 0.3) is 5.91 Å². The summed E-state index contributed by atoms with van der Waals surface area (Å²) in [4.78, 5) is 13.5. The van der Waals surface area contributed by atoms with E-state index in [0.717, 1.165) is 43.5 Å². The van der Waals surface area contributed by atoms with E-state index in [0.29, 0.717) is 30.7 Å². The van der Waals surface area contributed by atoms with Crippen LogP contribution in [0.15, 0.2) is 42.5 Å². The number of nitrogens with zero attached hydrogens (tertiary/aromatic N) is 1. The fourth-order valence-corrected chi connectivity index (χ4v) is 6.98. The summed E-state index contributed by atoms with van der Waals surface area (Å²) in [7, 11) is 0. The second-order valence-electron chi connectivity index (χ2n) is 12.5. The maximum absolute atomic E-state index is 13.5. The van der Waals surface area contributed by atoms with Crippen molar-refractivity contribution in [3.8, 4) is 17.0 Å². The number of aliphatic hydroxyl groups excluding tert-OH is 1. The fraction of sp³-hybridized carbons (Fsp3) is 0.545. The molecule has 0 bridgehead atoms. The van der Waals surface area contributed by atoms with E-state index >= 15 is 0 Å². The van der Waals surface area contributed by atoms with Crippen LogP contribution >= 0.6 is 12.4 Å². The molecular formula is C33H44ClN3O3. The van der Waals surface area contributed by atoms with Crippen molar-refractivity contribution >= 4 is 29.2 Å². The number of fused-ring (bicyclic) bond motifs is 5. The Morgan fingerprint density at radius 1 is 1.02 bits per heavy atom. The Morgan fingerprint density at radius 2 is 1.77 bits per heavy atom. The minimum Gasteiger partial charge on any atom is -0.491 e. The van der Waals surface area contributed by atoms with Gasteiger partial charge in [0.05, 0.1) is 18.3 Å². The number of benzene rings is 2. The molecule has 0 atom stereocenters. The topological polar surface area (TPSA) is 75.5 Å². The number of halogens is 1. The van der Waals surface area contributed by atoms with Crippen molar-refractivity contribution in [1.29, 1.82) is 0 Å². The zero-order valence-electron chi connectivity index (χ0n) is 23.9. The molecule has 1 amide bonds. The molecule has 3 aromatic rings. The molecule has 0 spiro atoms. The summed E-state index contributed by atoms with van der Waals surface area (Å²) in [6, 6.07) is 15.1. The maximum Gasteiger partial charge on any atom is 0.251 e. The van der Waals surface area contributed by atoms with Gasteiger partial charge in [-0.15, -0.1) is 12.4 Å². The van der Waals surface area contributed by atoms with Crippen molar-refractivity contribution in [2.75, 3.05) is 13.2 Å². The first kappa shape index (κ1) is 29.0. The van der Waals surface area contributed by atoms with Crippen molar-refractivity contribution in [3.05, 3.63) is 53.6 Å². The molecule has 0 radical (unpaired) electrons. The summed E-state index contributed by atoms with van der Waals surface area (Å²) in [5.41, 5.74) is 5.33. The number of ether oxygens (including phenoxy) is 1. The van der Waals surface area contributed by atoms with Crippen LogP contribution in [0, 0.1) is 0 Å². The molecule has 2 heterocycles. The molecule has 0 unspecified atom stereocenters. The van der Waals surface area contributed by atoms with Crippen LogP contribution in [0.2, 0.25) is 0 Å². The molecule has 2 fully saturated rings. The van der Waals surface area contributed by atoms with E-state index in [4.69, 9.17) is 4.74 Å². The molecule has 2 aromatic carbocycles. The van der Waals surface area contributed by atoms with Gasteiger partial charge in [-0.3, -0.25) is 4.79 Å². The van der Waals surface area contributed by atoms with Crippen LogP contribution in [-0.2, 0) is 6.54 Å². The van der Waals surface area contributed by atoms with Crippen molar-refractivity contribution in [2.24, 2.45) is 0 Å². The quantitative estimate of drug-likeness (QED) is 0.316. The van der Waals surface area contributed by atoms with E-state index in [1.165, 1.54) is 54.3 Å². The molecule has 6 nitrogen and oxygen atoms in total. The van der Waals surface area contributed by atoms with Crippen LogP contribution in [0.4, 0.5) is 0 Å². The van der Waals surface area contributed by atoms with Crippen molar-refractivity contribution in [1.82, 2.24) is 15.2 Å². The number of hydrogen-bond acceptors (Lipinski definition) is 4. The second-order valence-corrected chi connectivity index (χ2v) is 12.5. The molecule has 1 aromatic heterocycles. The highest BCUT2D eigenvalue weighted by molar-refractivity contribution is 6.01. The molecule has 1 aliphatic heterocycles.